The van der Waals surface area contributed by atoms with Crippen molar-refractivity contribution in [3.63, 3.8) is 0 Å². The van der Waals surface area contributed by atoms with Crippen molar-refractivity contribution in [2.45, 2.75) is 40.2 Å². The number of anilines is 1. The third-order valence-electron chi connectivity index (χ3n) is 2.07. The minimum Gasteiger partial charge on any atom is -0.444 e. The predicted molar refractivity (Wildman–Crippen MR) is 74.2 cm³/mol. The van der Waals surface area contributed by atoms with Crippen molar-refractivity contribution in [2.75, 3.05) is 18.4 Å². The van der Waals surface area contributed by atoms with Crippen molar-refractivity contribution in [1.82, 2.24) is 15.3 Å². The smallest absolute Gasteiger partial charge is 0.407 e. The first-order valence-corrected chi connectivity index (χ1v) is 6.29. The van der Waals surface area contributed by atoms with E-state index in [-0.39, 0.29) is 0 Å². The highest BCUT2D eigenvalue weighted by atomic mass is 16.6. The molecular weight excluding hydrogens is 244 g/mol. The number of alkyl carbamates (subject to hydrolysis) is 1. The lowest BCUT2D eigenvalue weighted by atomic mass is 10.2. The van der Waals surface area contributed by atoms with Gasteiger partial charge in [0.05, 0.1) is 0 Å². The molecule has 1 aromatic rings. The summed E-state index contributed by atoms with van der Waals surface area (Å²) in [6.45, 7) is 10.3. The fraction of sp³-hybridized carbons (Fsp3) is 0.615. The van der Waals surface area contributed by atoms with Crippen LogP contribution in [-0.2, 0) is 4.74 Å². The number of rotatable bonds is 4. The van der Waals surface area contributed by atoms with E-state index in [2.05, 4.69) is 20.6 Å². The summed E-state index contributed by atoms with van der Waals surface area (Å²) in [4.78, 5) is 19.8. The van der Waals surface area contributed by atoms with Crippen molar-refractivity contribution >= 4 is 11.9 Å². The van der Waals surface area contributed by atoms with Crippen LogP contribution in [0.15, 0.2) is 6.07 Å². The number of hydrogen-bond acceptors (Lipinski definition) is 5. The molecule has 0 aromatic carbocycles. The highest BCUT2D eigenvalue weighted by molar-refractivity contribution is 5.67. The Morgan fingerprint density at radius 2 is 1.95 bits per heavy atom. The molecule has 6 nitrogen and oxygen atoms in total. The first-order chi connectivity index (χ1) is 8.76. The highest BCUT2D eigenvalue weighted by Crippen LogP contribution is 2.06. The summed E-state index contributed by atoms with van der Waals surface area (Å²) < 4.78 is 5.12. The number of carbonyl (C=O) groups is 1. The summed E-state index contributed by atoms with van der Waals surface area (Å²) in [6.07, 6.45) is -0.413. The molecule has 0 aliphatic rings. The molecule has 1 amide bonds. The Balaban J connectivity index is 2.29. The van der Waals surface area contributed by atoms with Gasteiger partial charge in [-0.15, -0.1) is 0 Å². The van der Waals surface area contributed by atoms with Crippen LogP contribution in [0.5, 0.6) is 0 Å². The van der Waals surface area contributed by atoms with E-state index in [4.69, 9.17) is 4.74 Å². The fourth-order valence-electron chi connectivity index (χ4n) is 1.48. The Kier molecular flexibility index (Phi) is 5.09. The number of nitrogens with one attached hydrogen (secondary N) is 2. The van der Waals surface area contributed by atoms with Gasteiger partial charge in [0.25, 0.3) is 0 Å². The Bertz CT molecular complexity index is 421. The van der Waals surface area contributed by atoms with Gasteiger partial charge in [-0.2, -0.15) is 0 Å². The van der Waals surface area contributed by atoms with Crippen molar-refractivity contribution in [3.05, 3.63) is 17.6 Å². The number of aryl methyl sites for hydroxylation is 2. The van der Waals surface area contributed by atoms with Crippen LogP contribution in [0.4, 0.5) is 10.6 Å². The number of amides is 1. The maximum Gasteiger partial charge on any atom is 0.407 e. The lowest BCUT2D eigenvalue weighted by Gasteiger charge is -2.19. The summed E-state index contributed by atoms with van der Waals surface area (Å²) in [5, 5.41) is 5.79. The second kappa shape index (κ2) is 6.36. The Labute approximate surface area is 114 Å². The van der Waals surface area contributed by atoms with E-state index in [0.717, 1.165) is 17.3 Å². The fourth-order valence-corrected chi connectivity index (χ4v) is 1.48. The van der Waals surface area contributed by atoms with Crippen LogP contribution < -0.4 is 10.6 Å². The number of nitrogens with zero attached hydrogens (tertiary/aromatic N) is 2. The van der Waals surface area contributed by atoms with Gasteiger partial charge in [0.15, 0.2) is 0 Å². The number of aromatic nitrogens is 2. The van der Waals surface area contributed by atoms with Crippen LogP contribution >= 0.6 is 0 Å². The topological polar surface area (TPSA) is 76.1 Å². The monoisotopic (exact) mass is 266 g/mol. The summed E-state index contributed by atoms with van der Waals surface area (Å²) in [7, 11) is 0. The molecule has 1 aromatic heterocycles. The molecule has 106 valence electrons. The zero-order chi connectivity index (χ0) is 14.5. The molecule has 0 saturated heterocycles. The SMILES string of the molecule is Cc1cc(NCCNC(=O)OC(C)(C)C)nc(C)n1. The second-order valence-corrected chi connectivity index (χ2v) is 5.30. The van der Waals surface area contributed by atoms with Gasteiger partial charge in [-0.3, -0.25) is 0 Å². The summed E-state index contributed by atoms with van der Waals surface area (Å²) >= 11 is 0. The van der Waals surface area contributed by atoms with Crippen molar-refractivity contribution < 1.29 is 9.53 Å². The standard InChI is InChI=1S/C13H22N4O2/c1-9-8-11(17-10(2)16-9)14-6-7-15-12(18)19-13(3,4)5/h8H,6-7H2,1-5H3,(H,15,18)(H,14,16,17). The molecular formula is C13H22N4O2. The maximum atomic E-state index is 11.4. The molecule has 0 atom stereocenters. The largest absolute Gasteiger partial charge is 0.444 e. The lowest BCUT2D eigenvalue weighted by Crippen LogP contribution is -2.35. The van der Waals surface area contributed by atoms with Crippen molar-refractivity contribution in [1.29, 1.82) is 0 Å². The van der Waals surface area contributed by atoms with Crippen molar-refractivity contribution in [2.24, 2.45) is 0 Å². The quantitative estimate of drug-likeness (QED) is 0.815. The molecule has 0 saturated carbocycles. The van der Waals surface area contributed by atoms with E-state index in [9.17, 15) is 4.79 Å². The normalized spacial score (nSPS) is 11.0. The van der Waals surface area contributed by atoms with Crippen LogP contribution in [0.25, 0.3) is 0 Å². The van der Waals surface area contributed by atoms with E-state index in [0.29, 0.717) is 13.1 Å². The third kappa shape index (κ3) is 6.59. The summed E-state index contributed by atoms with van der Waals surface area (Å²) in [5.41, 5.74) is 0.438. The minimum atomic E-state index is -0.474. The van der Waals surface area contributed by atoms with Gasteiger partial charge in [0.1, 0.15) is 17.2 Å². The molecule has 0 aliphatic heterocycles. The Hall–Kier alpha value is -1.85. The van der Waals surface area contributed by atoms with E-state index in [1.54, 1.807) is 0 Å². The van der Waals surface area contributed by atoms with Gasteiger partial charge in [0.2, 0.25) is 0 Å². The molecule has 1 heterocycles. The third-order valence-corrected chi connectivity index (χ3v) is 2.07. The van der Waals surface area contributed by atoms with Crippen LogP contribution in [-0.4, -0.2) is 34.8 Å². The second-order valence-electron chi connectivity index (χ2n) is 5.30. The van der Waals surface area contributed by atoms with E-state index >= 15 is 0 Å². The molecule has 0 fully saturated rings. The predicted octanol–water partition coefficient (Wildman–Crippen LogP) is 2.03. The van der Waals surface area contributed by atoms with E-state index < -0.39 is 11.7 Å². The molecule has 0 bridgehead atoms. The zero-order valence-corrected chi connectivity index (χ0v) is 12.2. The summed E-state index contributed by atoms with van der Waals surface area (Å²) in [6, 6.07) is 1.86. The van der Waals surface area contributed by atoms with Crippen LogP contribution in [0.3, 0.4) is 0 Å². The average Bonchev–Trinajstić information content (AvgIpc) is 2.20. The molecule has 2 N–H and O–H groups in total. The number of hydrogen-bond donors (Lipinski definition) is 2. The van der Waals surface area contributed by atoms with Gasteiger partial charge < -0.3 is 15.4 Å². The van der Waals surface area contributed by atoms with Crippen LogP contribution in [0.2, 0.25) is 0 Å². The number of ether oxygens (including phenoxy) is 1. The van der Waals surface area contributed by atoms with Gasteiger partial charge in [-0.1, -0.05) is 0 Å². The van der Waals surface area contributed by atoms with Gasteiger partial charge in [-0.05, 0) is 34.6 Å². The van der Waals surface area contributed by atoms with Crippen LogP contribution in [0.1, 0.15) is 32.3 Å². The Morgan fingerprint density at radius 1 is 1.26 bits per heavy atom. The molecule has 6 heteroatoms. The van der Waals surface area contributed by atoms with Crippen LogP contribution in [0, 0.1) is 13.8 Å². The maximum absolute atomic E-state index is 11.4. The van der Waals surface area contributed by atoms with Gasteiger partial charge >= 0.3 is 6.09 Å². The van der Waals surface area contributed by atoms with Gasteiger partial charge in [-0.25, -0.2) is 14.8 Å². The molecule has 0 unspecified atom stereocenters. The Morgan fingerprint density at radius 3 is 2.53 bits per heavy atom. The van der Waals surface area contributed by atoms with Crippen molar-refractivity contribution in [3.8, 4) is 0 Å². The summed E-state index contributed by atoms with van der Waals surface area (Å²) in [5.74, 6) is 1.48. The molecule has 0 aliphatic carbocycles. The molecule has 1 rings (SSSR count). The van der Waals surface area contributed by atoms with E-state index in [1.807, 2.05) is 40.7 Å². The molecule has 0 radical (unpaired) electrons. The molecule has 19 heavy (non-hydrogen) atoms. The number of carbonyl (C=O) groups excluding carboxylic acids is 1. The molecule has 0 spiro atoms. The van der Waals surface area contributed by atoms with Gasteiger partial charge in [0, 0.05) is 24.8 Å². The first kappa shape index (κ1) is 15.2. The highest BCUT2D eigenvalue weighted by Gasteiger charge is 2.15. The first-order valence-electron chi connectivity index (χ1n) is 6.29. The lowest BCUT2D eigenvalue weighted by molar-refractivity contribution is 0.0530. The minimum absolute atomic E-state index is 0.413. The average molecular weight is 266 g/mol. The zero-order valence-electron chi connectivity index (χ0n) is 12.2. The van der Waals surface area contributed by atoms with E-state index in [1.165, 1.54) is 0 Å².